The standard InChI is InChI=1S/C16H24Br2O2/c1-6-19-14-8-11(13(18)10-16(3,4)5)12(17)9-15(14)20-7-2/h8-9,13H,6-7,10H2,1-5H3. The van der Waals surface area contributed by atoms with Crippen LogP contribution in [0.4, 0.5) is 0 Å². The maximum atomic E-state index is 5.70. The fraction of sp³-hybridized carbons (Fsp3) is 0.625. The van der Waals surface area contributed by atoms with Crippen LogP contribution in [0.5, 0.6) is 11.5 Å². The predicted octanol–water partition coefficient (Wildman–Crippen LogP) is 6.12. The van der Waals surface area contributed by atoms with Gasteiger partial charge in [0.1, 0.15) is 0 Å². The van der Waals surface area contributed by atoms with Crippen LogP contribution < -0.4 is 9.47 Å². The summed E-state index contributed by atoms with van der Waals surface area (Å²) in [6.07, 6.45) is 1.05. The average Bonchev–Trinajstić information content (AvgIpc) is 2.30. The van der Waals surface area contributed by atoms with Gasteiger partial charge in [-0.2, -0.15) is 0 Å². The van der Waals surface area contributed by atoms with Gasteiger partial charge in [-0.25, -0.2) is 0 Å². The SMILES string of the molecule is CCOc1cc(Br)c(C(Br)CC(C)(C)C)cc1OCC. The largest absolute Gasteiger partial charge is 0.490 e. The fourth-order valence-electron chi connectivity index (χ4n) is 1.98. The predicted molar refractivity (Wildman–Crippen MR) is 92.2 cm³/mol. The molecule has 114 valence electrons. The zero-order chi connectivity index (χ0) is 15.3. The number of hydrogen-bond donors (Lipinski definition) is 0. The van der Waals surface area contributed by atoms with Crippen LogP contribution in [0, 0.1) is 5.41 Å². The summed E-state index contributed by atoms with van der Waals surface area (Å²) in [6.45, 7) is 12.0. The molecule has 20 heavy (non-hydrogen) atoms. The molecule has 0 radical (unpaired) electrons. The van der Waals surface area contributed by atoms with Crippen molar-refractivity contribution < 1.29 is 9.47 Å². The molecule has 0 saturated carbocycles. The van der Waals surface area contributed by atoms with E-state index in [2.05, 4.69) is 58.7 Å². The van der Waals surface area contributed by atoms with E-state index < -0.39 is 0 Å². The number of halogens is 2. The number of benzene rings is 1. The highest BCUT2D eigenvalue weighted by molar-refractivity contribution is 9.11. The van der Waals surface area contributed by atoms with E-state index in [9.17, 15) is 0 Å². The molecular formula is C16H24Br2O2. The number of alkyl halides is 1. The Hall–Kier alpha value is -0.220. The summed E-state index contributed by atoms with van der Waals surface area (Å²) < 4.78 is 12.4. The Morgan fingerprint density at radius 3 is 2.00 bits per heavy atom. The van der Waals surface area contributed by atoms with Gasteiger partial charge in [0, 0.05) is 9.30 Å². The van der Waals surface area contributed by atoms with Crippen molar-refractivity contribution in [3.05, 3.63) is 22.2 Å². The van der Waals surface area contributed by atoms with Crippen LogP contribution in [0.15, 0.2) is 16.6 Å². The van der Waals surface area contributed by atoms with E-state index >= 15 is 0 Å². The van der Waals surface area contributed by atoms with E-state index in [0.717, 1.165) is 22.4 Å². The molecule has 1 aromatic rings. The minimum Gasteiger partial charge on any atom is -0.490 e. The summed E-state index contributed by atoms with van der Waals surface area (Å²) in [4.78, 5) is 0.284. The molecule has 0 bridgehead atoms. The molecular weight excluding hydrogens is 384 g/mol. The Labute approximate surface area is 139 Å². The van der Waals surface area contributed by atoms with E-state index in [1.54, 1.807) is 0 Å². The van der Waals surface area contributed by atoms with Crippen molar-refractivity contribution in [2.45, 2.75) is 45.9 Å². The Bertz CT molecular complexity index is 439. The van der Waals surface area contributed by atoms with Crippen LogP contribution in [0.3, 0.4) is 0 Å². The van der Waals surface area contributed by atoms with Crippen LogP contribution in [0.1, 0.15) is 51.4 Å². The molecule has 0 aliphatic carbocycles. The van der Waals surface area contributed by atoms with Crippen molar-refractivity contribution in [2.24, 2.45) is 5.41 Å². The second-order valence-corrected chi connectivity index (χ2v) is 7.88. The second-order valence-electron chi connectivity index (χ2n) is 5.92. The van der Waals surface area contributed by atoms with Gasteiger partial charge in [-0.3, -0.25) is 0 Å². The summed E-state index contributed by atoms with van der Waals surface area (Å²) in [5, 5.41) is 0. The quantitative estimate of drug-likeness (QED) is 0.529. The van der Waals surface area contributed by atoms with Crippen LogP contribution in [-0.4, -0.2) is 13.2 Å². The Kier molecular flexibility index (Phi) is 6.86. The molecule has 0 heterocycles. The van der Waals surface area contributed by atoms with Crippen molar-refractivity contribution in [1.82, 2.24) is 0 Å². The minimum absolute atomic E-state index is 0.262. The van der Waals surface area contributed by atoms with E-state index in [1.807, 2.05) is 19.9 Å². The lowest BCUT2D eigenvalue weighted by Crippen LogP contribution is -2.09. The second kappa shape index (κ2) is 7.69. The van der Waals surface area contributed by atoms with Crippen LogP contribution >= 0.6 is 31.9 Å². The van der Waals surface area contributed by atoms with Crippen molar-refractivity contribution in [2.75, 3.05) is 13.2 Å². The van der Waals surface area contributed by atoms with Gasteiger partial charge < -0.3 is 9.47 Å². The van der Waals surface area contributed by atoms with Gasteiger partial charge in [0.25, 0.3) is 0 Å². The zero-order valence-corrected chi connectivity index (χ0v) is 16.1. The van der Waals surface area contributed by atoms with Crippen LogP contribution in [0.2, 0.25) is 0 Å². The third-order valence-electron chi connectivity index (χ3n) is 2.79. The fourth-order valence-corrected chi connectivity index (χ4v) is 4.23. The highest BCUT2D eigenvalue weighted by Gasteiger charge is 2.21. The van der Waals surface area contributed by atoms with E-state index in [0.29, 0.717) is 13.2 Å². The molecule has 0 spiro atoms. The summed E-state index contributed by atoms with van der Waals surface area (Å²) in [5.41, 5.74) is 1.46. The molecule has 0 saturated heterocycles. The summed E-state index contributed by atoms with van der Waals surface area (Å²) in [7, 11) is 0. The van der Waals surface area contributed by atoms with Gasteiger partial charge in [0.05, 0.1) is 13.2 Å². The summed E-state index contributed by atoms with van der Waals surface area (Å²) >= 11 is 7.44. The number of hydrogen-bond acceptors (Lipinski definition) is 2. The highest BCUT2D eigenvalue weighted by Crippen LogP contribution is 2.43. The monoisotopic (exact) mass is 406 g/mol. The molecule has 0 fully saturated rings. The lowest BCUT2D eigenvalue weighted by atomic mass is 9.88. The molecule has 1 aromatic carbocycles. The van der Waals surface area contributed by atoms with Gasteiger partial charge >= 0.3 is 0 Å². The van der Waals surface area contributed by atoms with Gasteiger partial charge in [-0.15, -0.1) is 0 Å². The first-order valence-corrected chi connectivity index (χ1v) is 8.72. The number of ether oxygens (including phenoxy) is 2. The molecule has 0 aliphatic heterocycles. The maximum absolute atomic E-state index is 5.70. The van der Waals surface area contributed by atoms with Gasteiger partial charge in [0.2, 0.25) is 0 Å². The van der Waals surface area contributed by atoms with E-state index in [4.69, 9.17) is 9.47 Å². The van der Waals surface area contributed by atoms with E-state index in [-0.39, 0.29) is 10.2 Å². The molecule has 0 aromatic heterocycles. The summed E-state index contributed by atoms with van der Waals surface area (Å²) in [6, 6.07) is 4.07. The third kappa shape index (κ3) is 5.28. The molecule has 0 N–H and O–H groups in total. The average molecular weight is 408 g/mol. The lowest BCUT2D eigenvalue weighted by molar-refractivity contribution is 0.287. The summed E-state index contributed by atoms with van der Waals surface area (Å²) in [5.74, 6) is 1.60. The first-order valence-electron chi connectivity index (χ1n) is 7.01. The molecule has 0 amide bonds. The van der Waals surface area contributed by atoms with Crippen LogP contribution in [-0.2, 0) is 0 Å². The van der Waals surface area contributed by atoms with Crippen LogP contribution in [0.25, 0.3) is 0 Å². The normalized spacial score (nSPS) is 13.2. The van der Waals surface area contributed by atoms with E-state index in [1.165, 1.54) is 5.56 Å². The first kappa shape index (κ1) is 17.8. The highest BCUT2D eigenvalue weighted by atomic mass is 79.9. The molecule has 1 atom stereocenters. The Morgan fingerprint density at radius 2 is 1.55 bits per heavy atom. The molecule has 1 unspecified atom stereocenters. The first-order chi connectivity index (χ1) is 9.28. The van der Waals surface area contributed by atoms with Gasteiger partial charge in [0.15, 0.2) is 11.5 Å². The number of rotatable bonds is 6. The zero-order valence-electron chi connectivity index (χ0n) is 12.9. The molecule has 4 heteroatoms. The van der Waals surface area contributed by atoms with Crippen molar-refractivity contribution in [3.8, 4) is 11.5 Å². The Morgan fingerprint density at radius 1 is 1.05 bits per heavy atom. The van der Waals surface area contributed by atoms with Gasteiger partial charge in [-0.05, 0) is 43.4 Å². The van der Waals surface area contributed by atoms with Crippen molar-refractivity contribution in [3.63, 3.8) is 0 Å². The minimum atomic E-state index is 0.262. The molecule has 1 rings (SSSR count). The lowest BCUT2D eigenvalue weighted by Gasteiger charge is -2.24. The smallest absolute Gasteiger partial charge is 0.162 e. The molecule has 2 nitrogen and oxygen atoms in total. The topological polar surface area (TPSA) is 18.5 Å². The third-order valence-corrected chi connectivity index (χ3v) is 4.30. The maximum Gasteiger partial charge on any atom is 0.162 e. The van der Waals surface area contributed by atoms with Crippen molar-refractivity contribution >= 4 is 31.9 Å². The van der Waals surface area contributed by atoms with Crippen molar-refractivity contribution in [1.29, 1.82) is 0 Å². The molecule has 0 aliphatic rings. The van der Waals surface area contributed by atoms with Gasteiger partial charge in [-0.1, -0.05) is 52.6 Å². The Balaban J connectivity index is 3.10.